The predicted molar refractivity (Wildman–Crippen MR) is 96.9 cm³/mol. The zero-order valence-corrected chi connectivity index (χ0v) is 15.5. The molecule has 0 aromatic carbocycles. The van der Waals surface area contributed by atoms with Crippen molar-refractivity contribution in [3.8, 4) is 0 Å². The standard InChI is InChI=1S/C15H30N4OS.ClH/c1-17-6-3-13(4-7-17)18-8-10-19(11-9-18)15(20)14(16)5-12-21-2;/h13-14H,3-12,16H2,1-2H3;1H/t14-;/m1./s1. The number of carbonyl (C=O) groups is 1. The van der Waals surface area contributed by atoms with Crippen molar-refractivity contribution >= 4 is 30.1 Å². The van der Waals surface area contributed by atoms with Crippen molar-refractivity contribution in [2.24, 2.45) is 5.73 Å². The van der Waals surface area contributed by atoms with Gasteiger partial charge >= 0.3 is 0 Å². The van der Waals surface area contributed by atoms with Gasteiger partial charge in [0.2, 0.25) is 5.91 Å². The number of rotatable bonds is 5. The summed E-state index contributed by atoms with van der Waals surface area (Å²) in [6.07, 6.45) is 5.36. The van der Waals surface area contributed by atoms with Gasteiger partial charge in [-0.2, -0.15) is 11.8 Å². The van der Waals surface area contributed by atoms with E-state index in [1.54, 1.807) is 11.8 Å². The van der Waals surface area contributed by atoms with Crippen LogP contribution in [0, 0.1) is 0 Å². The molecule has 0 aliphatic carbocycles. The summed E-state index contributed by atoms with van der Waals surface area (Å²) in [5.41, 5.74) is 6.00. The third kappa shape index (κ3) is 5.57. The molecule has 1 amide bonds. The summed E-state index contributed by atoms with van der Waals surface area (Å²) >= 11 is 1.75. The first kappa shape index (κ1) is 20.0. The van der Waals surface area contributed by atoms with Crippen molar-refractivity contribution in [3.63, 3.8) is 0 Å². The predicted octanol–water partition coefficient (Wildman–Crippen LogP) is 0.727. The average Bonchev–Trinajstić information content (AvgIpc) is 2.53. The van der Waals surface area contributed by atoms with E-state index in [1.807, 2.05) is 4.90 Å². The number of hydrogen-bond donors (Lipinski definition) is 1. The fourth-order valence-electron chi connectivity index (χ4n) is 3.27. The number of piperazine rings is 1. The molecule has 2 aliphatic rings. The van der Waals surface area contributed by atoms with E-state index in [9.17, 15) is 4.79 Å². The Balaban J connectivity index is 0.00000242. The van der Waals surface area contributed by atoms with Crippen molar-refractivity contribution in [2.45, 2.75) is 31.3 Å². The first-order valence-electron chi connectivity index (χ1n) is 8.07. The number of halogens is 1. The lowest BCUT2D eigenvalue weighted by Crippen LogP contribution is -2.56. The van der Waals surface area contributed by atoms with Gasteiger partial charge in [0.25, 0.3) is 0 Å². The summed E-state index contributed by atoms with van der Waals surface area (Å²) in [5, 5.41) is 0. The van der Waals surface area contributed by atoms with Gasteiger partial charge in [-0.3, -0.25) is 9.69 Å². The van der Waals surface area contributed by atoms with Gasteiger partial charge in [-0.1, -0.05) is 0 Å². The Bertz CT molecular complexity index is 332. The fraction of sp³-hybridized carbons (Fsp3) is 0.933. The minimum absolute atomic E-state index is 0. The number of carbonyl (C=O) groups excluding carboxylic acids is 1. The maximum atomic E-state index is 12.3. The minimum Gasteiger partial charge on any atom is -0.339 e. The summed E-state index contributed by atoms with van der Waals surface area (Å²) in [4.78, 5) is 19.2. The van der Waals surface area contributed by atoms with Crippen molar-refractivity contribution in [3.05, 3.63) is 0 Å². The Morgan fingerprint density at radius 3 is 2.32 bits per heavy atom. The van der Waals surface area contributed by atoms with Crippen molar-refractivity contribution in [1.29, 1.82) is 0 Å². The summed E-state index contributed by atoms with van der Waals surface area (Å²) in [7, 11) is 2.20. The van der Waals surface area contributed by atoms with Gasteiger partial charge in [-0.05, 0) is 51.4 Å². The molecule has 7 heteroatoms. The van der Waals surface area contributed by atoms with Crippen LogP contribution in [-0.4, -0.2) is 91.0 Å². The normalized spacial score (nSPS) is 23.1. The van der Waals surface area contributed by atoms with E-state index in [-0.39, 0.29) is 24.4 Å². The van der Waals surface area contributed by atoms with Gasteiger partial charge in [0.05, 0.1) is 6.04 Å². The number of thioether (sulfide) groups is 1. The van der Waals surface area contributed by atoms with Gasteiger partial charge in [-0.25, -0.2) is 0 Å². The van der Waals surface area contributed by atoms with E-state index in [4.69, 9.17) is 5.73 Å². The van der Waals surface area contributed by atoms with Crippen LogP contribution in [0.1, 0.15) is 19.3 Å². The third-order valence-electron chi connectivity index (χ3n) is 4.78. The Labute approximate surface area is 145 Å². The Kier molecular flexibility index (Phi) is 9.09. The van der Waals surface area contributed by atoms with Crippen molar-refractivity contribution in [2.75, 3.05) is 58.3 Å². The van der Waals surface area contributed by atoms with Gasteiger partial charge in [-0.15, -0.1) is 12.4 Å². The largest absolute Gasteiger partial charge is 0.339 e. The highest BCUT2D eigenvalue weighted by atomic mass is 35.5. The topological polar surface area (TPSA) is 52.8 Å². The lowest BCUT2D eigenvalue weighted by Gasteiger charge is -2.42. The molecule has 0 aromatic heterocycles. The SMILES string of the molecule is CSCC[C@@H](N)C(=O)N1CCN(C2CCN(C)CC2)CC1.Cl. The molecule has 0 unspecified atom stereocenters. The zero-order valence-electron chi connectivity index (χ0n) is 13.9. The Morgan fingerprint density at radius 2 is 1.77 bits per heavy atom. The molecule has 2 heterocycles. The number of likely N-dealkylation sites (tertiary alicyclic amines) is 1. The van der Waals surface area contributed by atoms with Crippen molar-refractivity contribution < 1.29 is 4.79 Å². The average molecular weight is 351 g/mol. The van der Waals surface area contributed by atoms with Crippen LogP contribution in [0.5, 0.6) is 0 Å². The van der Waals surface area contributed by atoms with Crippen LogP contribution in [0.2, 0.25) is 0 Å². The molecule has 1 atom stereocenters. The van der Waals surface area contributed by atoms with Gasteiger partial charge in [0, 0.05) is 32.2 Å². The molecule has 0 bridgehead atoms. The zero-order chi connectivity index (χ0) is 15.2. The molecule has 2 aliphatic heterocycles. The van der Waals surface area contributed by atoms with Crippen LogP contribution in [0.4, 0.5) is 0 Å². The van der Waals surface area contributed by atoms with E-state index in [1.165, 1.54) is 25.9 Å². The summed E-state index contributed by atoms with van der Waals surface area (Å²) < 4.78 is 0. The molecule has 0 saturated carbocycles. The third-order valence-corrected chi connectivity index (χ3v) is 5.42. The van der Waals surface area contributed by atoms with E-state index in [2.05, 4.69) is 23.1 Å². The number of hydrogen-bond acceptors (Lipinski definition) is 5. The molecular weight excluding hydrogens is 320 g/mol. The highest BCUT2D eigenvalue weighted by Crippen LogP contribution is 2.17. The lowest BCUT2D eigenvalue weighted by atomic mass is 10.0. The van der Waals surface area contributed by atoms with Gasteiger partial charge < -0.3 is 15.5 Å². The van der Waals surface area contributed by atoms with Gasteiger partial charge in [0.1, 0.15) is 0 Å². The van der Waals surface area contributed by atoms with E-state index < -0.39 is 0 Å². The lowest BCUT2D eigenvalue weighted by molar-refractivity contribution is -0.134. The number of piperidine rings is 1. The molecule has 0 aromatic rings. The smallest absolute Gasteiger partial charge is 0.239 e. The summed E-state index contributed by atoms with van der Waals surface area (Å²) in [6, 6.07) is 0.399. The molecule has 22 heavy (non-hydrogen) atoms. The van der Waals surface area contributed by atoms with Crippen LogP contribution in [0.3, 0.4) is 0 Å². The van der Waals surface area contributed by atoms with Crippen LogP contribution < -0.4 is 5.73 Å². The maximum Gasteiger partial charge on any atom is 0.239 e. The quantitative estimate of drug-likeness (QED) is 0.792. The van der Waals surface area contributed by atoms with E-state index in [0.29, 0.717) is 6.04 Å². The molecule has 2 N–H and O–H groups in total. The number of nitrogens with two attached hydrogens (primary N) is 1. The minimum atomic E-state index is -0.313. The second kappa shape index (κ2) is 9.98. The molecule has 130 valence electrons. The second-order valence-electron chi connectivity index (χ2n) is 6.28. The van der Waals surface area contributed by atoms with Crippen LogP contribution in [0.15, 0.2) is 0 Å². The molecule has 0 radical (unpaired) electrons. The first-order valence-corrected chi connectivity index (χ1v) is 9.47. The summed E-state index contributed by atoms with van der Waals surface area (Å²) in [6.45, 7) is 6.10. The highest BCUT2D eigenvalue weighted by molar-refractivity contribution is 7.98. The molecule has 0 spiro atoms. The summed E-state index contributed by atoms with van der Waals surface area (Å²) in [5.74, 6) is 1.11. The second-order valence-corrected chi connectivity index (χ2v) is 7.27. The first-order chi connectivity index (χ1) is 10.1. The number of nitrogens with zero attached hydrogens (tertiary/aromatic N) is 3. The molecule has 2 rings (SSSR count). The Hall–Kier alpha value is -0.0100. The van der Waals surface area contributed by atoms with Crippen LogP contribution >= 0.6 is 24.2 Å². The highest BCUT2D eigenvalue weighted by Gasteiger charge is 2.29. The molecular formula is C15H31ClN4OS. The molecule has 2 fully saturated rings. The van der Waals surface area contributed by atoms with Crippen LogP contribution in [-0.2, 0) is 4.79 Å². The molecule has 2 saturated heterocycles. The maximum absolute atomic E-state index is 12.3. The van der Waals surface area contributed by atoms with Gasteiger partial charge in [0.15, 0.2) is 0 Å². The monoisotopic (exact) mass is 350 g/mol. The van der Waals surface area contributed by atoms with Crippen LogP contribution in [0.25, 0.3) is 0 Å². The van der Waals surface area contributed by atoms with Crippen molar-refractivity contribution in [1.82, 2.24) is 14.7 Å². The van der Waals surface area contributed by atoms with E-state index in [0.717, 1.165) is 38.4 Å². The fourth-order valence-corrected chi connectivity index (χ4v) is 3.76. The number of amides is 1. The molecule has 5 nitrogen and oxygen atoms in total. The Morgan fingerprint density at radius 1 is 1.18 bits per heavy atom. The van der Waals surface area contributed by atoms with E-state index >= 15 is 0 Å².